The Balaban J connectivity index is 3.52. The van der Waals surface area contributed by atoms with Gasteiger partial charge >= 0.3 is 0 Å². The van der Waals surface area contributed by atoms with Crippen molar-refractivity contribution < 1.29 is 0 Å². The van der Waals surface area contributed by atoms with Gasteiger partial charge in [-0.15, -0.1) is 0 Å². The summed E-state index contributed by atoms with van der Waals surface area (Å²) in [6.45, 7) is 19.9. The quantitative estimate of drug-likeness (QED) is 0.440. The van der Waals surface area contributed by atoms with Crippen molar-refractivity contribution in [2.24, 2.45) is 21.8 Å². The average Bonchev–Trinajstić information content (AvgIpc) is 2.48. The summed E-state index contributed by atoms with van der Waals surface area (Å²) in [4.78, 5) is 10.1. The number of aryl methyl sites for hydroxylation is 2. The summed E-state index contributed by atoms with van der Waals surface area (Å²) in [5.41, 5.74) is 8.68. The normalized spacial score (nSPS) is 13.2. The van der Waals surface area contributed by atoms with Crippen molar-refractivity contribution in [2.75, 3.05) is 0 Å². The van der Waals surface area contributed by atoms with Gasteiger partial charge in [0.25, 0.3) is 0 Å². The van der Waals surface area contributed by atoms with E-state index in [9.17, 15) is 0 Å². The van der Waals surface area contributed by atoms with E-state index in [1.165, 1.54) is 33.8 Å². The first-order valence-corrected chi connectivity index (χ1v) is 9.93. The number of nitrogens with zero attached hydrogens (tertiary/aromatic N) is 2. The minimum atomic E-state index is 0.634. The molecule has 0 atom stereocenters. The fourth-order valence-electron chi connectivity index (χ4n) is 3.50. The third kappa shape index (κ3) is 6.41. The summed E-state index contributed by atoms with van der Waals surface area (Å²) in [6, 6.07) is 2.29. The molecule has 0 saturated heterocycles. The molecule has 0 aliphatic carbocycles. The van der Waals surface area contributed by atoms with E-state index in [2.05, 4.69) is 68.4 Å². The summed E-state index contributed by atoms with van der Waals surface area (Å²) in [6.07, 6.45) is 4.07. The number of rotatable bonds is 8. The lowest BCUT2D eigenvalue weighted by molar-refractivity contribution is 0.682. The molecule has 25 heavy (non-hydrogen) atoms. The molecule has 2 heteroatoms. The van der Waals surface area contributed by atoms with E-state index in [0.29, 0.717) is 11.8 Å². The van der Waals surface area contributed by atoms with Gasteiger partial charge in [-0.05, 0) is 69.4 Å². The number of hydrogen-bond donors (Lipinski definition) is 0. The predicted molar refractivity (Wildman–Crippen MR) is 114 cm³/mol. The molecular weight excluding hydrogens is 304 g/mol. The lowest BCUT2D eigenvalue weighted by Gasteiger charge is -2.17. The molecule has 0 saturated carbocycles. The molecular formula is C23H38N2. The van der Waals surface area contributed by atoms with Gasteiger partial charge in [0.2, 0.25) is 0 Å². The van der Waals surface area contributed by atoms with Crippen molar-refractivity contribution in [3.05, 3.63) is 22.8 Å². The second kappa shape index (κ2) is 9.89. The van der Waals surface area contributed by atoms with Crippen LogP contribution in [0.4, 0.5) is 11.4 Å². The van der Waals surface area contributed by atoms with Crippen molar-refractivity contribution >= 4 is 22.8 Å². The number of benzene rings is 1. The average molecular weight is 343 g/mol. The van der Waals surface area contributed by atoms with Gasteiger partial charge in [-0.2, -0.15) is 0 Å². The summed E-state index contributed by atoms with van der Waals surface area (Å²) >= 11 is 0. The SMILES string of the molecule is CCc1cc(C)c(/N=C(\C)CC(C)C)c(CC)c1/N=C(\C)CC(C)C. The van der Waals surface area contributed by atoms with E-state index in [1.54, 1.807) is 0 Å². The van der Waals surface area contributed by atoms with E-state index in [1.807, 2.05) is 0 Å². The van der Waals surface area contributed by atoms with E-state index >= 15 is 0 Å². The number of aliphatic imine (C=N–C) groups is 2. The monoisotopic (exact) mass is 342 g/mol. The highest BCUT2D eigenvalue weighted by Gasteiger charge is 2.15. The van der Waals surface area contributed by atoms with Gasteiger partial charge in [0, 0.05) is 17.0 Å². The molecule has 0 radical (unpaired) electrons. The van der Waals surface area contributed by atoms with Gasteiger partial charge in [0.1, 0.15) is 0 Å². The Kier molecular flexibility index (Phi) is 8.55. The van der Waals surface area contributed by atoms with Crippen LogP contribution in [0.3, 0.4) is 0 Å². The van der Waals surface area contributed by atoms with Crippen molar-refractivity contribution in [2.45, 2.75) is 88.0 Å². The fourth-order valence-corrected chi connectivity index (χ4v) is 3.50. The molecule has 0 amide bonds. The highest BCUT2D eigenvalue weighted by molar-refractivity contribution is 5.89. The standard InChI is InChI=1S/C23H38N2/c1-10-20-14-17(7)22(24-18(8)12-15(3)4)21(11-2)23(20)25-19(9)13-16(5)6/h14-16H,10-13H2,1-9H3/b24-18+,25-19+. The Bertz CT molecular complexity index is 634. The molecule has 140 valence electrons. The Morgan fingerprint density at radius 3 is 1.72 bits per heavy atom. The van der Waals surface area contributed by atoms with Gasteiger partial charge in [-0.3, -0.25) is 9.98 Å². The first-order valence-electron chi connectivity index (χ1n) is 9.93. The lowest BCUT2D eigenvalue weighted by atomic mass is 9.96. The van der Waals surface area contributed by atoms with E-state index in [-0.39, 0.29) is 0 Å². The molecule has 0 aliphatic rings. The second-order valence-electron chi connectivity index (χ2n) is 8.13. The summed E-state index contributed by atoms with van der Waals surface area (Å²) < 4.78 is 0. The van der Waals surface area contributed by atoms with Gasteiger partial charge < -0.3 is 0 Å². The fraction of sp³-hybridized carbons (Fsp3) is 0.652. The highest BCUT2D eigenvalue weighted by atomic mass is 14.8. The van der Waals surface area contributed by atoms with Crippen LogP contribution >= 0.6 is 0 Å². The lowest BCUT2D eigenvalue weighted by Crippen LogP contribution is -2.01. The molecule has 0 fully saturated rings. The molecule has 0 spiro atoms. The minimum Gasteiger partial charge on any atom is -0.257 e. The van der Waals surface area contributed by atoms with Crippen LogP contribution in [0.2, 0.25) is 0 Å². The maximum atomic E-state index is 5.06. The van der Waals surface area contributed by atoms with Crippen molar-refractivity contribution in [3.63, 3.8) is 0 Å². The first kappa shape index (κ1) is 21.6. The molecule has 1 rings (SSSR count). The topological polar surface area (TPSA) is 24.7 Å². The van der Waals surface area contributed by atoms with E-state index < -0.39 is 0 Å². The third-order valence-electron chi connectivity index (χ3n) is 4.39. The molecule has 2 nitrogen and oxygen atoms in total. The Morgan fingerprint density at radius 2 is 1.32 bits per heavy atom. The van der Waals surface area contributed by atoms with Crippen LogP contribution in [-0.2, 0) is 12.8 Å². The molecule has 0 heterocycles. The molecule has 0 bridgehead atoms. The largest absolute Gasteiger partial charge is 0.257 e. The summed E-state index contributed by atoms with van der Waals surface area (Å²) in [7, 11) is 0. The van der Waals surface area contributed by atoms with Crippen molar-refractivity contribution in [3.8, 4) is 0 Å². The molecule has 0 aromatic heterocycles. The van der Waals surface area contributed by atoms with Crippen LogP contribution in [-0.4, -0.2) is 11.4 Å². The van der Waals surface area contributed by atoms with Crippen LogP contribution in [0.1, 0.15) is 84.9 Å². The Labute approximate surface area is 155 Å². The molecule has 0 N–H and O–H groups in total. The van der Waals surface area contributed by atoms with Crippen molar-refractivity contribution in [1.29, 1.82) is 0 Å². The number of hydrogen-bond acceptors (Lipinski definition) is 2. The second-order valence-corrected chi connectivity index (χ2v) is 8.13. The maximum Gasteiger partial charge on any atom is 0.0714 e. The molecule has 1 aromatic carbocycles. The first-order chi connectivity index (χ1) is 11.7. The molecule has 0 aliphatic heterocycles. The van der Waals surface area contributed by atoms with Gasteiger partial charge in [-0.1, -0.05) is 47.6 Å². The van der Waals surface area contributed by atoms with Crippen LogP contribution < -0.4 is 0 Å². The maximum absolute atomic E-state index is 5.06. The summed E-state index contributed by atoms with van der Waals surface area (Å²) in [5, 5.41) is 0. The highest BCUT2D eigenvalue weighted by Crippen LogP contribution is 2.37. The Morgan fingerprint density at radius 1 is 0.840 bits per heavy atom. The minimum absolute atomic E-state index is 0.634. The molecule has 1 aromatic rings. The van der Waals surface area contributed by atoms with Crippen molar-refractivity contribution in [1.82, 2.24) is 0 Å². The van der Waals surface area contributed by atoms with E-state index in [0.717, 1.165) is 31.4 Å². The predicted octanol–water partition coefficient (Wildman–Crippen LogP) is 7.40. The van der Waals surface area contributed by atoms with Crippen LogP contribution in [0.25, 0.3) is 0 Å². The van der Waals surface area contributed by atoms with Crippen LogP contribution in [0.15, 0.2) is 16.1 Å². The third-order valence-corrected chi connectivity index (χ3v) is 4.39. The zero-order chi connectivity index (χ0) is 19.1. The molecule has 0 unspecified atom stereocenters. The Hall–Kier alpha value is -1.44. The zero-order valence-electron chi connectivity index (χ0n) is 18.0. The zero-order valence-corrected chi connectivity index (χ0v) is 18.0. The van der Waals surface area contributed by atoms with Gasteiger partial charge in [0.05, 0.1) is 11.4 Å². The van der Waals surface area contributed by atoms with Crippen LogP contribution in [0.5, 0.6) is 0 Å². The smallest absolute Gasteiger partial charge is 0.0714 e. The summed E-state index contributed by atoms with van der Waals surface area (Å²) in [5.74, 6) is 1.27. The van der Waals surface area contributed by atoms with Gasteiger partial charge in [0.15, 0.2) is 0 Å². The van der Waals surface area contributed by atoms with Gasteiger partial charge in [-0.25, -0.2) is 0 Å². The van der Waals surface area contributed by atoms with E-state index in [4.69, 9.17) is 9.98 Å². The van der Waals surface area contributed by atoms with Crippen LogP contribution in [0, 0.1) is 18.8 Å².